The second-order valence-corrected chi connectivity index (χ2v) is 6.86. The third kappa shape index (κ3) is 1.84. The van der Waals surface area contributed by atoms with Crippen molar-refractivity contribution in [2.24, 2.45) is 0 Å². The van der Waals surface area contributed by atoms with Gasteiger partial charge in [0.05, 0.1) is 11.9 Å². The van der Waals surface area contributed by atoms with E-state index in [4.69, 9.17) is 4.52 Å². The maximum Gasteiger partial charge on any atom is 0.267 e. The van der Waals surface area contributed by atoms with E-state index in [2.05, 4.69) is 0 Å². The smallest absolute Gasteiger partial charge is 0.267 e. The molecule has 0 saturated carbocycles. The summed E-state index contributed by atoms with van der Waals surface area (Å²) >= 11 is 0. The fraction of sp³-hybridized carbons (Fsp3) is 0.143. The molecule has 1 aliphatic rings. The van der Waals surface area contributed by atoms with Crippen molar-refractivity contribution in [3.8, 4) is 11.5 Å². The average Bonchev–Trinajstić information content (AvgIpc) is 3.00. The molecule has 1 aliphatic heterocycles. The van der Waals surface area contributed by atoms with E-state index in [9.17, 15) is 14.8 Å². The number of rotatable bonds is 3. The molecule has 2 aromatic rings. The zero-order chi connectivity index (χ0) is 13.6. The lowest BCUT2D eigenvalue weighted by Crippen LogP contribution is -1.92. The van der Waals surface area contributed by atoms with Gasteiger partial charge in [-0.2, -0.15) is 0 Å². The van der Waals surface area contributed by atoms with Gasteiger partial charge in [0.2, 0.25) is 0 Å². The molecule has 0 aromatic heterocycles. The maximum atomic E-state index is 12.5. The quantitative estimate of drug-likeness (QED) is 0.666. The van der Waals surface area contributed by atoms with Crippen LogP contribution in [-0.4, -0.2) is 10.2 Å². The Kier molecular flexibility index (Phi) is 2.66. The van der Waals surface area contributed by atoms with Crippen LogP contribution in [0.5, 0.6) is 11.5 Å². The lowest BCUT2D eigenvalue weighted by molar-refractivity contribution is 0.320. The summed E-state index contributed by atoms with van der Waals surface area (Å²) in [7, 11) is -3.08. The van der Waals surface area contributed by atoms with Gasteiger partial charge < -0.3 is 14.7 Å². The minimum Gasteiger partial charge on any atom is -0.504 e. The van der Waals surface area contributed by atoms with Crippen LogP contribution < -0.4 is 10.6 Å². The first kappa shape index (κ1) is 12.3. The summed E-state index contributed by atoms with van der Waals surface area (Å²) in [5.74, 6) is -0.536. The molecule has 0 radical (unpaired) electrons. The summed E-state index contributed by atoms with van der Waals surface area (Å²) in [5.41, 5.74) is 1.41. The Morgan fingerprint density at radius 1 is 1.16 bits per heavy atom. The Bertz CT molecular complexity index is 694. The molecule has 2 aromatic carbocycles. The Morgan fingerprint density at radius 3 is 2.53 bits per heavy atom. The van der Waals surface area contributed by atoms with Crippen molar-refractivity contribution in [2.75, 3.05) is 0 Å². The van der Waals surface area contributed by atoms with Gasteiger partial charge in [0.15, 0.2) is 11.5 Å². The van der Waals surface area contributed by atoms with E-state index < -0.39 is 7.37 Å². The first-order chi connectivity index (χ1) is 9.04. The lowest BCUT2D eigenvalue weighted by atomic mass is 10.2. The number of hydrogen-bond donors (Lipinski definition) is 2. The van der Waals surface area contributed by atoms with Crippen LogP contribution in [0.15, 0.2) is 36.4 Å². The molecule has 0 spiro atoms. The molecule has 0 fully saturated rings. The molecule has 1 unspecified atom stereocenters. The van der Waals surface area contributed by atoms with Gasteiger partial charge in [0, 0.05) is 0 Å². The third-order valence-corrected chi connectivity index (χ3v) is 5.53. The highest BCUT2D eigenvalue weighted by atomic mass is 31.2. The number of phenolic OH excluding ortho intramolecular Hbond substituents is 2. The molecule has 0 amide bonds. The molecule has 2 N–H and O–H groups in total. The molecule has 0 bridgehead atoms. The Morgan fingerprint density at radius 2 is 1.84 bits per heavy atom. The normalized spacial score (nSPS) is 20.1. The summed E-state index contributed by atoms with van der Waals surface area (Å²) in [6, 6.07) is 11.0. The van der Waals surface area contributed by atoms with Crippen molar-refractivity contribution >= 4 is 18.0 Å². The van der Waals surface area contributed by atoms with Gasteiger partial charge in [-0.1, -0.05) is 30.3 Å². The molecule has 3 rings (SSSR count). The van der Waals surface area contributed by atoms with Crippen LogP contribution in [0.25, 0.3) is 0 Å². The van der Waals surface area contributed by atoms with Crippen molar-refractivity contribution in [1.29, 1.82) is 0 Å². The van der Waals surface area contributed by atoms with Crippen LogP contribution in [0.4, 0.5) is 0 Å². The standard InChI is InChI=1S/C14H13O4P/c1-9-7-11-14(13(16)12(9)15)19(11,17)18-8-10-5-3-2-4-6-10/h2-7,15-16H,8H2,1H3. The minimum atomic E-state index is -3.08. The summed E-state index contributed by atoms with van der Waals surface area (Å²) in [4.78, 5) is 0. The van der Waals surface area contributed by atoms with Crippen LogP contribution in [0.1, 0.15) is 11.1 Å². The van der Waals surface area contributed by atoms with E-state index in [1.165, 1.54) is 0 Å². The van der Waals surface area contributed by atoms with Crippen molar-refractivity contribution in [3.05, 3.63) is 47.5 Å². The number of fused-ring (bicyclic) bond motifs is 1. The first-order valence-electron chi connectivity index (χ1n) is 5.89. The van der Waals surface area contributed by atoms with Crippen LogP contribution >= 0.6 is 7.37 Å². The topological polar surface area (TPSA) is 66.8 Å². The maximum absolute atomic E-state index is 12.5. The van der Waals surface area contributed by atoms with Crippen LogP contribution in [0.3, 0.4) is 0 Å². The number of benzene rings is 2. The molecule has 98 valence electrons. The van der Waals surface area contributed by atoms with Crippen LogP contribution in [-0.2, 0) is 15.7 Å². The van der Waals surface area contributed by atoms with E-state index in [1.807, 2.05) is 30.3 Å². The van der Waals surface area contributed by atoms with E-state index in [-0.39, 0.29) is 23.4 Å². The molecule has 1 atom stereocenters. The number of phenols is 2. The highest BCUT2D eigenvalue weighted by Crippen LogP contribution is 2.60. The molecular weight excluding hydrogens is 263 g/mol. The van der Waals surface area contributed by atoms with Gasteiger partial charge in [-0.25, -0.2) is 0 Å². The zero-order valence-electron chi connectivity index (χ0n) is 10.3. The van der Waals surface area contributed by atoms with Crippen LogP contribution in [0.2, 0.25) is 0 Å². The van der Waals surface area contributed by atoms with Crippen molar-refractivity contribution in [2.45, 2.75) is 13.5 Å². The molecule has 1 heterocycles. The van der Waals surface area contributed by atoms with Crippen molar-refractivity contribution in [1.82, 2.24) is 0 Å². The number of hydrogen-bond acceptors (Lipinski definition) is 4. The summed E-state index contributed by atoms with van der Waals surface area (Å²) in [6.45, 7) is 1.86. The first-order valence-corrected chi connectivity index (χ1v) is 7.51. The monoisotopic (exact) mass is 276 g/mol. The largest absolute Gasteiger partial charge is 0.504 e. The van der Waals surface area contributed by atoms with E-state index in [0.29, 0.717) is 10.9 Å². The second-order valence-electron chi connectivity index (χ2n) is 4.57. The fourth-order valence-corrected chi connectivity index (χ4v) is 4.32. The SMILES string of the molecule is Cc1cc2c(c(O)c1O)P2(=O)OCc1ccccc1. The van der Waals surface area contributed by atoms with Gasteiger partial charge in [-0.3, -0.25) is 4.57 Å². The number of aromatic hydroxyl groups is 2. The molecule has 0 saturated heterocycles. The predicted octanol–water partition coefficient (Wildman–Crippen LogP) is 2.17. The van der Waals surface area contributed by atoms with E-state index in [1.54, 1.807) is 13.0 Å². The van der Waals surface area contributed by atoms with Crippen molar-refractivity contribution < 1.29 is 19.3 Å². The molecular formula is C14H13O4P. The molecule has 4 nitrogen and oxygen atoms in total. The molecule has 0 aliphatic carbocycles. The van der Waals surface area contributed by atoms with E-state index >= 15 is 0 Å². The van der Waals surface area contributed by atoms with Crippen LogP contribution in [0, 0.1) is 6.92 Å². The second kappa shape index (κ2) is 4.12. The summed E-state index contributed by atoms with van der Waals surface area (Å²) in [5, 5.41) is 20.1. The number of aryl methyl sites for hydroxylation is 1. The minimum absolute atomic E-state index is 0.214. The van der Waals surface area contributed by atoms with Gasteiger partial charge >= 0.3 is 0 Å². The van der Waals surface area contributed by atoms with E-state index in [0.717, 1.165) is 5.56 Å². The molecule has 5 heteroatoms. The average molecular weight is 276 g/mol. The summed E-state index contributed by atoms with van der Waals surface area (Å²) < 4.78 is 18.0. The fourth-order valence-electron chi connectivity index (χ4n) is 2.09. The van der Waals surface area contributed by atoms with Gasteiger partial charge in [0.25, 0.3) is 7.37 Å². The van der Waals surface area contributed by atoms with Crippen molar-refractivity contribution in [3.63, 3.8) is 0 Å². The Balaban J connectivity index is 1.84. The summed E-state index contributed by atoms with van der Waals surface area (Å²) in [6.07, 6.45) is 0. The molecule has 19 heavy (non-hydrogen) atoms. The van der Waals surface area contributed by atoms with Gasteiger partial charge in [-0.05, 0) is 24.1 Å². The highest BCUT2D eigenvalue weighted by Gasteiger charge is 2.52. The lowest BCUT2D eigenvalue weighted by Gasteiger charge is -2.02. The van der Waals surface area contributed by atoms with Gasteiger partial charge in [0.1, 0.15) is 5.30 Å². The van der Waals surface area contributed by atoms with Gasteiger partial charge in [-0.15, -0.1) is 0 Å². The predicted molar refractivity (Wildman–Crippen MR) is 72.6 cm³/mol. The highest BCUT2D eigenvalue weighted by molar-refractivity contribution is 7.85. The zero-order valence-corrected chi connectivity index (χ0v) is 11.2. The third-order valence-electron chi connectivity index (χ3n) is 3.24. The Labute approximate surface area is 110 Å². The Hall–Kier alpha value is -1.77.